The van der Waals surface area contributed by atoms with Crippen LogP contribution in [-0.4, -0.2) is 44.5 Å². The quantitative estimate of drug-likeness (QED) is 0.295. The molecule has 0 heterocycles. The zero-order chi connectivity index (χ0) is 20.6. The van der Waals surface area contributed by atoms with Gasteiger partial charge in [0.2, 0.25) is 0 Å². The summed E-state index contributed by atoms with van der Waals surface area (Å²) in [6.07, 6.45) is 0.920. The Labute approximate surface area is 195 Å². The van der Waals surface area contributed by atoms with E-state index in [1.165, 1.54) is 16.3 Å². The van der Waals surface area contributed by atoms with Crippen molar-refractivity contribution in [2.75, 3.05) is 27.7 Å². The van der Waals surface area contributed by atoms with E-state index in [4.69, 9.17) is 0 Å². The molecule has 0 bridgehead atoms. The second-order valence-corrected chi connectivity index (χ2v) is 7.14. The number of carbonyl (C=O) groups excluding carboxylic acids is 1. The summed E-state index contributed by atoms with van der Waals surface area (Å²) in [5.74, 6) is 0.772. The van der Waals surface area contributed by atoms with Crippen LogP contribution in [0.1, 0.15) is 21.5 Å². The van der Waals surface area contributed by atoms with Crippen LogP contribution >= 0.6 is 24.0 Å². The molecule has 0 aliphatic carbocycles. The summed E-state index contributed by atoms with van der Waals surface area (Å²) in [6, 6.07) is 22.5. The van der Waals surface area contributed by atoms with Gasteiger partial charge < -0.3 is 15.5 Å². The van der Waals surface area contributed by atoms with Gasteiger partial charge in [-0.3, -0.25) is 9.79 Å². The van der Waals surface area contributed by atoms with Gasteiger partial charge in [0.15, 0.2) is 5.96 Å². The lowest BCUT2D eigenvalue weighted by Crippen LogP contribution is -2.37. The number of aliphatic imine (C=N–C) groups is 1. The Hall–Kier alpha value is -2.61. The SMILES string of the molecule is CN=C(NCCc1cccc2ccccc12)NCc1ccc(C(=O)N(C)C)cc1.I. The standard InChI is InChI=1S/C24H28N4O.HI/c1-25-24(27-17-18-11-13-21(14-12-18)23(29)28(2)3)26-16-15-20-9-6-8-19-7-4-5-10-22(19)20;/h4-14H,15-17H2,1-3H3,(H2,25,26,27);1H. The van der Waals surface area contributed by atoms with E-state index < -0.39 is 0 Å². The van der Waals surface area contributed by atoms with Gasteiger partial charge >= 0.3 is 0 Å². The van der Waals surface area contributed by atoms with Gasteiger partial charge in [-0.15, -0.1) is 24.0 Å². The minimum atomic E-state index is 0. The summed E-state index contributed by atoms with van der Waals surface area (Å²) in [4.78, 5) is 17.8. The number of benzene rings is 3. The molecule has 0 aliphatic heterocycles. The van der Waals surface area contributed by atoms with Gasteiger partial charge in [-0.25, -0.2) is 0 Å². The molecule has 158 valence electrons. The van der Waals surface area contributed by atoms with Crippen molar-refractivity contribution >= 4 is 46.6 Å². The Morgan fingerprint density at radius 2 is 1.63 bits per heavy atom. The lowest BCUT2D eigenvalue weighted by molar-refractivity contribution is 0.0827. The summed E-state index contributed by atoms with van der Waals surface area (Å²) in [6.45, 7) is 1.44. The molecule has 0 radical (unpaired) electrons. The highest BCUT2D eigenvalue weighted by Gasteiger charge is 2.07. The fourth-order valence-electron chi connectivity index (χ4n) is 3.26. The predicted octanol–water partition coefficient (Wildman–Crippen LogP) is 4.07. The van der Waals surface area contributed by atoms with Crippen LogP contribution in [0.3, 0.4) is 0 Å². The summed E-state index contributed by atoms with van der Waals surface area (Å²) < 4.78 is 0. The summed E-state index contributed by atoms with van der Waals surface area (Å²) >= 11 is 0. The smallest absolute Gasteiger partial charge is 0.253 e. The van der Waals surface area contributed by atoms with Crippen molar-refractivity contribution in [1.29, 1.82) is 0 Å². The topological polar surface area (TPSA) is 56.7 Å². The van der Waals surface area contributed by atoms with Gasteiger partial charge in [0, 0.05) is 39.8 Å². The number of nitrogens with zero attached hydrogens (tertiary/aromatic N) is 2. The molecule has 6 heteroatoms. The second-order valence-electron chi connectivity index (χ2n) is 7.14. The van der Waals surface area contributed by atoms with Crippen molar-refractivity contribution in [3.05, 3.63) is 83.4 Å². The minimum absolute atomic E-state index is 0. The highest BCUT2D eigenvalue weighted by Crippen LogP contribution is 2.18. The molecule has 0 saturated carbocycles. The molecule has 3 rings (SSSR count). The molecule has 2 N–H and O–H groups in total. The Kier molecular flexibility index (Phi) is 9.11. The van der Waals surface area contributed by atoms with Crippen LogP contribution in [0.15, 0.2) is 71.7 Å². The van der Waals surface area contributed by atoms with E-state index in [1.807, 2.05) is 24.3 Å². The van der Waals surface area contributed by atoms with Crippen LogP contribution in [0.2, 0.25) is 0 Å². The zero-order valence-corrected chi connectivity index (χ0v) is 20.0. The predicted molar refractivity (Wildman–Crippen MR) is 136 cm³/mol. The van der Waals surface area contributed by atoms with Crippen molar-refractivity contribution in [3.8, 4) is 0 Å². The van der Waals surface area contributed by atoms with Crippen LogP contribution in [0.5, 0.6) is 0 Å². The number of hydrogen-bond donors (Lipinski definition) is 2. The number of carbonyl (C=O) groups is 1. The molecular formula is C24H29IN4O. The molecule has 30 heavy (non-hydrogen) atoms. The number of halogens is 1. The van der Waals surface area contributed by atoms with Crippen molar-refractivity contribution in [1.82, 2.24) is 15.5 Å². The first kappa shape index (κ1) is 23.7. The van der Waals surface area contributed by atoms with Crippen LogP contribution in [0.25, 0.3) is 10.8 Å². The normalized spacial score (nSPS) is 11.0. The second kappa shape index (κ2) is 11.5. The number of nitrogens with one attached hydrogen (secondary N) is 2. The molecule has 1 amide bonds. The molecule has 3 aromatic carbocycles. The third kappa shape index (κ3) is 6.19. The van der Waals surface area contributed by atoms with Gasteiger partial charge in [-0.05, 0) is 40.5 Å². The Morgan fingerprint density at radius 1 is 0.933 bits per heavy atom. The molecule has 3 aromatic rings. The maximum Gasteiger partial charge on any atom is 0.253 e. The van der Waals surface area contributed by atoms with Crippen LogP contribution in [-0.2, 0) is 13.0 Å². The van der Waals surface area contributed by atoms with E-state index in [0.717, 1.165) is 24.5 Å². The number of guanidine groups is 1. The maximum atomic E-state index is 12.0. The van der Waals surface area contributed by atoms with Gasteiger partial charge in [-0.2, -0.15) is 0 Å². The average molecular weight is 516 g/mol. The first-order valence-corrected chi connectivity index (χ1v) is 9.80. The van der Waals surface area contributed by atoms with Gasteiger partial charge in [-0.1, -0.05) is 54.6 Å². The molecule has 5 nitrogen and oxygen atoms in total. The first-order valence-electron chi connectivity index (χ1n) is 9.80. The summed E-state index contributed by atoms with van der Waals surface area (Å²) in [5, 5.41) is 9.27. The third-order valence-electron chi connectivity index (χ3n) is 4.86. The lowest BCUT2D eigenvalue weighted by Gasteiger charge is -2.13. The van der Waals surface area contributed by atoms with E-state index in [-0.39, 0.29) is 29.9 Å². The van der Waals surface area contributed by atoms with Gasteiger partial charge in [0.25, 0.3) is 5.91 Å². The molecule has 0 aliphatic rings. The molecule has 0 fully saturated rings. The molecule has 0 aromatic heterocycles. The maximum absolute atomic E-state index is 12.0. The molecular weight excluding hydrogens is 487 g/mol. The van der Waals surface area contributed by atoms with E-state index in [9.17, 15) is 4.79 Å². The van der Waals surface area contributed by atoms with Gasteiger partial charge in [0.1, 0.15) is 0 Å². The largest absolute Gasteiger partial charge is 0.356 e. The Bertz CT molecular complexity index is 994. The molecule has 0 spiro atoms. The molecule has 0 unspecified atom stereocenters. The number of rotatable bonds is 6. The van der Waals surface area contributed by atoms with E-state index in [1.54, 1.807) is 26.0 Å². The number of fused-ring (bicyclic) bond motifs is 1. The fraction of sp³-hybridized carbons (Fsp3) is 0.250. The summed E-state index contributed by atoms with van der Waals surface area (Å²) in [5.41, 5.74) is 3.11. The van der Waals surface area contributed by atoms with Gasteiger partial charge in [0.05, 0.1) is 0 Å². The Balaban J connectivity index is 0.00000320. The lowest BCUT2D eigenvalue weighted by atomic mass is 10.0. The van der Waals surface area contributed by atoms with Crippen LogP contribution in [0.4, 0.5) is 0 Å². The average Bonchev–Trinajstić information content (AvgIpc) is 2.76. The molecule has 0 atom stereocenters. The number of hydrogen-bond acceptors (Lipinski definition) is 2. The van der Waals surface area contributed by atoms with Crippen LogP contribution < -0.4 is 10.6 Å². The van der Waals surface area contributed by atoms with Crippen molar-refractivity contribution < 1.29 is 4.79 Å². The van der Waals surface area contributed by atoms with E-state index >= 15 is 0 Å². The molecule has 0 saturated heterocycles. The number of amides is 1. The minimum Gasteiger partial charge on any atom is -0.356 e. The van der Waals surface area contributed by atoms with E-state index in [2.05, 4.69) is 58.1 Å². The highest BCUT2D eigenvalue weighted by atomic mass is 127. The van der Waals surface area contributed by atoms with Crippen molar-refractivity contribution in [2.45, 2.75) is 13.0 Å². The van der Waals surface area contributed by atoms with E-state index in [0.29, 0.717) is 12.1 Å². The monoisotopic (exact) mass is 516 g/mol. The first-order chi connectivity index (χ1) is 14.1. The third-order valence-corrected chi connectivity index (χ3v) is 4.86. The highest BCUT2D eigenvalue weighted by molar-refractivity contribution is 14.0. The summed E-state index contributed by atoms with van der Waals surface area (Å²) in [7, 11) is 5.28. The fourth-order valence-corrected chi connectivity index (χ4v) is 3.26. The van der Waals surface area contributed by atoms with Crippen molar-refractivity contribution in [2.24, 2.45) is 4.99 Å². The van der Waals surface area contributed by atoms with Crippen molar-refractivity contribution in [3.63, 3.8) is 0 Å². The van der Waals surface area contributed by atoms with Crippen LogP contribution in [0, 0.1) is 0 Å². The zero-order valence-electron chi connectivity index (χ0n) is 17.7. The Morgan fingerprint density at radius 3 is 2.33 bits per heavy atom.